The summed E-state index contributed by atoms with van der Waals surface area (Å²) in [6.45, 7) is 33.3. The van der Waals surface area contributed by atoms with Gasteiger partial charge in [0.25, 0.3) is 6.71 Å². The summed E-state index contributed by atoms with van der Waals surface area (Å²) in [7, 11) is 0. The molecule has 2 unspecified atom stereocenters. The number of rotatable bonds is 3. The van der Waals surface area contributed by atoms with E-state index < -0.39 is 0 Å². The molecule has 3 heterocycles. The lowest BCUT2D eigenvalue weighted by molar-refractivity contribution is 0.261. The summed E-state index contributed by atoms with van der Waals surface area (Å²) in [5, 5.41) is 0. The van der Waals surface area contributed by atoms with Crippen LogP contribution < -0.4 is 31.1 Å². The smallest absolute Gasteiger partial charge is 0.252 e. The average Bonchev–Trinajstić information content (AvgIpc) is 3.31. The highest BCUT2D eigenvalue weighted by atomic mass is 15.3. The van der Waals surface area contributed by atoms with Gasteiger partial charge in [0.05, 0.1) is 5.54 Å². The molecule has 1 fully saturated rings. The summed E-state index contributed by atoms with van der Waals surface area (Å²) in [6, 6.07) is 48.3. The zero-order valence-electron chi connectivity index (χ0n) is 42.0. The SMILES string of the molecule is CC(C)(C)c1ccc(N2c3ccc(C(C)(C)C)cc3B3c4ccc(N5c6ccccc6C6(C)CCCCCC56C)cc4N(c4ccc(C(C)(C)C)cc4)c4cc(C(C)(C)C)cc2c43)cc1. The van der Waals surface area contributed by atoms with Crippen molar-refractivity contribution in [1.82, 2.24) is 0 Å². The van der Waals surface area contributed by atoms with E-state index in [2.05, 4.69) is 233 Å². The Labute approximate surface area is 392 Å². The van der Waals surface area contributed by atoms with Crippen LogP contribution in [0.2, 0.25) is 0 Å². The van der Waals surface area contributed by atoms with Gasteiger partial charge in [-0.1, -0.05) is 170 Å². The number of para-hydroxylation sites is 1. The van der Waals surface area contributed by atoms with Crippen molar-refractivity contribution in [3.8, 4) is 0 Å². The fraction of sp³-hybridized carbons (Fsp3) is 0.410. The van der Waals surface area contributed by atoms with Crippen LogP contribution in [0, 0.1) is 0 Å². The lowest BCUT2D eigenvalue weighted by atomic mass is 9.33. The summed E-state index contributed by atoms with van der Waals surface area (Å²) in [5.74, 6) is 0. The van der Waals surface area contributed by atoms with E-state index in [9.17, 15) is 0 Å². The van der Waals surface area contributed by atoms with Crippen molar-refractivity contribution < 1.29 is 0 Å². The fourth-order valence-electron chi connectivity index (χ4n) is 12.1. The Bertz CT molecular complexity index is 2820. The van der Waals surface area contributed by atoms with E-state index in [1.165, 1.54) is 122 Å². The molecule has 6 aromatic rings. The van der Waals surface area contributed by atoms with Gasteiger partial charge in [-0.25, -0.2) is 0 Å². The third kappa shape index (κ3) is 6.81. The minimum absolute atomic E-state index is 0.0143. The maximum atomic E-state index is 2.77. The van der Waals surface area contributed by atoms with Gasteiger partial charge in [0.15, 0.2) is 0 Å². The number of hydrogen-bond acceptors (Lipinski definition) is 3. The Kier molecular flexibility index (Phi) is 9.84. The first-order valence-corrected chi connectivity index (χ1v) is 24.7. The highest BCUT2D eigenvalue weighted by molar-refractivity contribution is 7.00. The van der Waals surface area contributed by atoms with Crippen molar-refractivity contribution >= 4 is 68.6 Å². The van der Waals surface area contributed by atoms with Gasteiger partial charge in [0.2, 0.25) is 0 Å². The zero-order valence-corrected chi connectivity index (χ0v) is 42.0. The summed E-state index contributed by atoms with van der Waals surface area (Å²) < 4.78 is 0. The first kappa shape index (κ1) is 43.7. The quantitative estimate of drug-likeness (QED) is 0.164. The largest absolute Gasteiger partial charge is 0.334 e. The Morgan fingerprint density at radius 1 is 0.415 bits per heavy atom. The van der Waals surface area contributed by atoms with Crippen LogP contribution in [0.5, 0.6) is 0 Å². The van der Waals surface area contributed by atoms with Crippen molar-refractivity contribution in [2.45, 2.75) is 162 Å². The predicted octanol–water partition coefficient (Wildman–Crippen LogP) is 15.1. The molecule has 0 radical (unpaired) electrons. The van der Waals surface area contributed by atoms with Gasteiger partial charge >= 0.3 is 0 Å². The summed E-state index contributed by atoms with van der Waals surface area (Å²) in [6.07, 6.45) is 6.22. The number of nitrogens with zero attached hydrogens (tertiary/aromatic N) is 3. The van der Waals surface area contributed by atoms with Gasteiger partial charge in [0, 0.05) is 50.9 Å². The topological polar surface area (TPSA) is 9.72 Å². The molecule has 2 atom stereocenters. The molecule has 4 aliphatic rings. The molecule has 1 saturated carbocycles. The molecule has 10 rings (SSSR count). The highest BCUT2D eigenvalue weighted by Crippen LogP contribution is 2.60. The molecule has 3 nitrogen and oxygen atoms in total. The second-order valence-corrected chi connectivity index (χ2v) is 24.7. The van der Waals surface area contributed by atoms with E-state index in [0.717, 1.165) is 0 Å². The van der Waals surface area contributed by atoms with E-state index in [4.69, 9.17) is 0 Å². The minimum atomic E-state index is -0.0964. The Morgan fingerprint density at radius 2 is 0.923 bits per heavy atom. The monoisotopic (exact) mass is 858 g/mol. The molecule has 6 aromatic carbocycles. The Hall–Kier alpha value is -5.22. The molecular weight excluding hydrogens is 786 g/mol. The van der Waals surface area contributed by atoms with Gasteiger partial charge < -0.3 is 14.7 Å². The standard InChI is InChI=1S/C61H72BN3/c1-56(2,3)40-22-27-44(28-23-40)63-51-33-26-42(58(7,8)9)36-49(51)62-48-32-31-46(65-50-21-17-16-20-47(50)60(13)34-18-15-19-35-61(60,65)14)39-52(48)64(45-29-24-41(25-30-45)57(4,5)6)54-38-43(59(10,11)12)37-53(63)55(54)62/h16-17,20-33,36-39H,15,18-19,34-35H2,1-14H3. The van der Waals surface area contributed by atoms with Gasteiger partial charge in [-0.05, 0) is 146 Å². The van der Waals surface area contributed by atoms with Crippen LogP contribution in [0.3, 0.4) is 0 Å². The van der Waals surface area contributed by atoms with Crippen LogP contribution in [-0.2, 0) is 27.1 Å². The van der Waals surface area contributed by atoms with Crippen LogP contribution in [0.4, 0.5) is 45.5 Å². The van der Waals surface area contributed by atoms with Crippen LogP contribution in [-0.4, -0.2) is 12.3 Å². The van der Waals surface area contributed by atoms with Gasteiger partial charge in [-0.2, -0.15) is 0 Å². The first-order valence-electron chi connectivity index (χ1n) is 24.7. The number of hydrogen-bond donors (Lipinski definition) is 0. The van der Waals surface area contributed by atoms with E-state index in [0.29, 0.717) is 0 Å². The van der Waals surface area contributed by atoms with E-state index in [1.807, 2.05) is 0 Å². The summed E-state index contributed by atoms with van der Waals surface area (Å²) >= 11 is 0. The molecule has 3 aliphatic heterocycles. The Morgan fingerprint density at radius 3 is 1.49 bits per heavy atom. The van der Waals surface area contributed by atoms with Crippen molar-refractivity contribution in [3.05, 3.63) is 149 Å². The zero-order chi connectivity index (χ0) is 46.2. The van der Waals surface area contributed by atoms with Crippen molar-refractivity contribution in [3.63, 3.8) is 0 Å². The molecule has 0 spiro atoms. The number of benzene rings is 6. The molecule has 1 aliphatic carbocycles. The van der Waals surface area contributed by atoms with Gasteiger partial charge in [0.1, 0.15) is 0 Å². The van der Waals surface area contributed by atoms with Crippen LogP contribution >= 0.6 is 0 Å². The summed E-state index contributed by atoms with van der Waals surface area (Å²) in [4.78, 5) is 8.01. The van der Waals surface area contributed by atoms with Gasteiger partial charge in [-0.3, -0.25) is 0 Å². The normalized spacial score (nSPS) is 20.5. The molecular formula is C61H72BN3. The van der Waals surface area contributed by atoms with Crippen LogP contribution in [0.25, 0.3) is 0 Å². The molecule has 0 aromatic heterocycles. The predicted molar refractivity (Wildman–Crippen MR) is 283 cm³/mol. The summed E-state index contributed by atoms with van der Waals surface area (Å²) in [5.41, 5.74) is 21.2. The number of anilines is 8. The third-order valence-electron chi connectivity index (χ3n) is 16.3. The molecule has 0 bridgehead atoms. The maximum Gasteiger partial charge on any atom is 0.252 e. The molecule has 65 heavy (non-hydrogen) atoms. The first-order chi connectivity index (χ1) is 30.5. The maximum absolute atomic E-state index is 2.77. The van der Waals surface area contributed by atoms with E-state index in [-0.39, 0.29) is 39.3 Å². The molecule has 0 N–H and O–H groups in total. The Balaban J connectivity index is 1.29. The molecule has 0 saturated heterocycles. The van der Waals surface area contributed by atoms with Crippen molar-refractivity contribution in [2.24, 2.45) is 0 Å². The lowest BCUT2D eigenvalue weighted by Crippen LogP contribution is -2.61. The molecule has 4 heteroatoms. The molecule has 334 valence electrons. The van der Waals surface area contributed by atoms with E-state index in [1.54, 1.807) is 0 Å². The number of fused-ring (bicyclic) bond motifs is 7. The fourth-order valence-corrected chi connectivity index (χ4v) is 12.1. The van der Waals surface area contributed by atoms with Crippen molar-refractivity contribution in [1.29, 1.82) is 0 Å². The molecule has 0 amide bonds. The van der Waals surface area contributed by atoms with Crippen LogP contribution in [0.15, 0.2) is 121 Å². The van der Waals surface area contributed by atoms with Crippen LogP contribution in [0.1, 0.15) is 157 Å². The van der Waals surface area contributed by atoms with Crippen molar-refractivity contribution in [2.75, 3.05) is 14.7 Å². The highest BCUT2D eigenvalue weighted by Gasteiger charge is 2.57. The third-order valence-corrected chi connectivity index (χ3v) is 16.3. The second-order valence-electron chi connectivity index (χ2n) is 24.7. The average molecular weight is 858 g/mol. The minimum Gasteiger partial charge on any atom is -0.334 e. The van der Waals surface area contributed by atoms with Gasteiger partial charge in [-0.15, -0.1) is 0 Å². The second kappa shape index (κ2) is 14.6. The lowest BCUT2D eigenvalue weighted by Gasteiger charge is -2.48. The van der Waals surface area contributed by atoms with E-state index >= 15 is 0 Å².